The number of hydrogen-bond acceptors (Lipinski definition) is 6. The minimum atomic E-state index is -3.89. The highest BCUT2D eigenvalue weighted by Gasteiger charge is 2.36. The van der Waals surface area contributed by atoms with Crippen molar-refractivity contribution in [2.45, 2.75) is 31.8 Å². The minimum Gasteiger partial charge on any atom is -0.468 e. The van der Waals surface area contributed by atoms with Crippen molar-refractivity contribution in [3.63, 3.8) is 0 Å². The number of benzene rings is 1. The molecule has 3 rings (SSSR count). The molecule has 1 aliphatic heterocycles. The van der Waals surface area contributed by atoms with Crippen molar-refractivity contribution < 1.29 is 17.9 Å². The van der Waals surface area contributed by atoms with Gasteiger partial charge < -0.3 is 9.64 Å². The number of nitrogens with one attached hydrogen (secondary N) is 1. The normalized spacial score (nSPS) is 18.5. The topological polar surface area (TPSA) is 91.8 Å². The molecule has 0 bridgehead atoms. The number of anilines is 1. The summed E-state index contributed by atoms with van der Waals surface area (Å²) in [6.07, 6.45) is 2.42. The summed E-state index contributed by atoms with van der Waals surface area (Å²) in [4.78, 5) is 18.6. The summed E-state index contributed by atoms with van der Waals surface area (Å²) < 4.78 is 34.9. The van der Waals surface area contributed by atoms with E-state index in [-0.39, 0.29) is 12.6 Å². The first-order valence-electron chi connectivity index (χ1n) is 10.1. The molecule has 0 aliphatic carbocycles. The summed E-state index contributed by atoms with van der Waals surface area (Å²) in [5.41, 5.74) is 1.02. The molecular weight excluding hydrogens is 440 g/mol. The Morgan fingerprint density at radius 3 is 2.61 bits per heavy atom. The molecule has 1 aromatic heterocycles. The van der Waals surface area contributed by atoms with Crippen LogP contribution in [0.1, 0.15) is 18.9 Å². The van der Waals surface area contributed by atoms with E-state index >= 15 is 0 Å². The Kier molecular flexibility index (Phi) is 7.88. The summed E-state index contributed by atoms with van der Waals surface area (Å²) in [6, 6.07) is 11.9. The summed E-state index contributed by atoms with van der Waals surface area (Å²) in [5, 5.41) is 0.548. The van der Waals surface area contributed by atoms with Crippen molar-refractivity contribution in [2.75, 3.05) is 31.6 Å². The van der Waals surface area contributed by atoms with Crippen LogP contribution >= 0.6 is 11.6 Å². The second-order valence-electron chi connectivity index (χ2n) is 7.46. The molecule has 2 aromatic rings. The van der Waals surface area contributed by atoms with Gasteiger partial charge in [0.15, 0.2) is 0 Å². The van der Waals surface area contributed by atoms with Gasteiger partial charge in [0.05, 0.1) is 12.1 Å². The van der Waals surface area contributed by atoms with Crippen LogP contribution in [0.25, 0.3) is 0 Å². The second-order valence-corrected chi connectivity index (χ2v) is 9.55. The fraction of sp³-hybridized carbons (Fsp3) is 0.429. The number of rotatable bonds is 8. The Bertz CT molecular complexity index is 973. The molecule has 2 heterocycles. The number of aromatic nitrogens is 1. The average Bonchev–Trinajstić information content (AvgIpc) is 2.77. The number of esters is 1. The molecule has 1 aromatic carbocycles. The van der Waals surface area contributed by atoms with Crippen molar-refractivity contribution in [3.05, 3.63) is 59.2 Å². The molecule has 1 N–H and O–H groups in total. The predicted octanol–water partition coefficient (Wildman–Crippen LogP) is 2.25. The van der Waals surface area contributed by atoms with Crippen LogP contribution in [0.4, 0.5) is 5.82 Å². The van der Waals surface area contributed by atoms with E-state index in [1.54, 1.807) is 12.3 Å². The van der Waals surface area contributed by atoms with Crippen molar-refractivity contribution in [2.24, 2.45) is 0 Å². The van der Waals surface area contributed by atoms with E-state index in [1.807, 2.05) is 48.2 Å². The molecule has 8 nitrogen and oxygen atoms in total. The van der Waals surface area contributed by atoms with Crippen LogP contribution in [0.5, 0.6) is 0 Å². The summed E-state index contributed by atoms with van der Waals surface area (Å²) in [5.74, 6) is 0.146. The Morgan fingerprint density at radius 2 is 2.00 bits per heavy atom. The van der Waals surface area contributed by atoms with Gasteiger partial charge in [0.1, 0.15) is 11.9 Å². The number of piperazine rings is 1. The van der Waals surface area contributed by atoms with Crippen LogP contribution in [0.2, 0.25) is 5.02 Å². The highest BCUT2D eigenvalue weighted by molar-refractivity contribution is 7.87. The molecule has 0 spiro atoms. The smallest absolute Gasteiger partial charge is 0.323 e. The minimum absolute atomic E-state index is 0.271. The molecule has 1 saturated heterocycles. The van der Waals surface area contributed by atoms with Gasteiger partial charge in [-0.1, -0.05) is 41.9 Å². The van der Waals surface area contributed by atoms with E-state index in [9.17, 15) is 13.2 Å². The third kappa shape index (κ3) is 6.16. The van der Waals surface area contributed by atoms with E-state index in [0.717, 1.165) is 11.4 Å². The number of nitrogens with zero attached hydrogens (tertiary/aromatic N) is 3. The number of aryl methyl sites for hydroxylation is 1. The van der Waals surface area contributed by atoms with Crippen LogP contribution in [0.15, 0.2) is 48.7 Å². The number of pyridine rings is 1. The summed E-state index contributed by atoms with van der Waals surface area (Å²) in [6.45, 7) is 3.06. The van der Waals surface area contributed by atoms with Gasteiger partial charge in [-0.3, -0.25) is 4.79 Å². The second kappa shape index (κ2) is 10.4. The van der Waals surface area contributed by atoms with E-state index < -0.39 is 22.2 Å². The maximum atomic E-state index is 13.1. The largest absolute Gasteiger partial charge is 0.468 e. The number of halogens is 1. The first kappa shape index (κ1) is 23.5. The van der Waals surface area contributed by atoms with Crippen LogP contribution in [-0.2, 0) is 26.2 Å². The van der Waals surface area contributed by atoms with Crippen LogP contribution < -0.4 is 9.62 Å². The molecule has 1 fully saturated rings. The fourth-order valence-electron chi connectivity index (χ4n) is 3.63. The first-order chi connectivity index (χ1) is 14.8. The number of hydrogen-bond donors (Lipinski definition) is 1. The maximum Gasteiger partial charge on any atom is 0.323 e. The van der Waals surface area contributed by atoms with Gasteiger partial charge in [0.25, 0.3) is 10.2 Å². The zero-order valence-corrected chi connectivity index (χ0v) is 19.1. The lowest BCUT2D eigenvalue weighted by atomic mass is 10.1. The van der Waals surface area contributed by atoms with Gasteiger partial charge in [-0.25, -0.2) is 4.98 Å². The van der Waals surface area contributed by atoms with Gasteiger partial charge in [-0.15, -0.1) is 0 Å². The Balaban J connectivity index is 1.65. The highest BCUT2D eigenvalue weighted by atomic mass is 35.5. The van der Waals surface area contributed by atoms with Crippen molar-refractivity contribution in [1.82, 2.24) is 14.0 Å². The van der Waals surface area contributed by atoms with Gasteiger partial charge in [-0.05, 0) is 37.5 Å². The molecule has 1 aliphatic rings. The van der Waals surface area contributed by atoms with Crippen LogP contribution in [-0.4, -0.2) is 62.5 Å². The SMILES string of the molecule is COC(=O)C(CCc1ccccc1)NS(=O)(=O)N1CCN(c2ccc(Cl)cn2)CC1C. The summed E-state index contributed by atoms with van der Waals surface area (Å²) in [7, 11) is -2.63. The van der Waals surface area contributed by atoms with Gasteiger partial charge in [-0.2, -0.15) is 17.4 Å². The molecular formula is C21H27ClN4O4S. The Morgan fingerprint density at radius 1 is 1.26 bits per heavy atom. The lowest BCUT2D eigenvalue weighted by Gasteiger charge is -2.39. The van der Waals surface area contributed by atoms with Crippen LogP contribution in [0.3, 0.4) is 0 Å². The standard InChI is InChI=1S/C21H27ClN4O4S/c1-16-15-25(20-11-9-18(22)14-23-20)12-13-26(16)31(28,29)24-19(21(27)30-2)10-8-17-6-4-3-5-7-17/h3-7,9,11,14,16,19,24H,8,10,12-13,15H2,1-2H3. The molecule has 168 valence electrons. The molecule has 0 radical (unpaired) electrons. The maximum absolute atomic E-state index is 13.1. The van der Waals surface area contributed by atoms with E-state index in [2.05, 4.69) is 9.71 Å². The number of ether oxygens (including phenoxy) is 1. The molecule has 31 heavy (non-hydrogen) atoms. The molecule has 2 unspecified atom stereocenters. The van der Waals surface area contributed by atoms with Crippen molar-refractivity contribution in [1.29, 1.82) is 0 Å². The van der Waals surface area contributed by atoms with Crippen molar-refractivity contribution >= 4 is 33.6 Å². The zero-order chi connectivity index (χ0) is 22.4. The number of methoxy groups -OCH3 is 1. The zero-order valence-electron chi connectivity index (χ0n) is 17.6. The lowest BCUT2D eigenvalue weighted by molar-refractivity contribution is -0.142. The fourth-order valence-corrected chi connectivity index (χ4v) is 5.31. The predicted molar refractivity (Wildman–Crippen MR) is 120 cm³/mol. The Labute approximate surface area is 188 Å². The quantitative estimate of drug-likeness (QED) is 0.600. The number of carbonyl (C=O) groups excluding carboxylic acids is 1. The number of carbonyl (C=O) groups is 1. The van der Waals surface area contributed by atoms with E-state index in [1.165, 1.54) is 11.4 Å². The van der Waals surface area contributed by atoms with E-state index in [4.69, 9.17) is 16.3 Å². The highest BCUT2D eigenvalue weighted by Crippen LogP contribution is 2.21. The van der Waals surface area contributed by atoms with Gasteiger partial charge >= 0.3 is 5.97 Å². The molecule has 0 saturated carbocycles. The van der Waals surface area contributed by atoms with Gasteiger partial charge in [0, 0.05) is 31.9 Å². The van der Waals surface area contributed by atoms with E-state index in [0.29, 0.717) is 31.0 Å². The van der Waals surface area contributed by atoms with Gasteiger partial charge in [0.2, 0.25) is 0 Å². The van der Waals surface area contributed by atoms with Crippen LogP contribution in [0, 0.1) is 0 Å². The lowest BCUT2D eigenvalue weighted by Crippen LogP contribution is -2.58. The summed E-state index contributed by atoms with van der Waals surface area (Å²) >= 11 is 5.90. The first-order valence-corrected chi connectivity index (χ1v) is 11.9. The molecule has 0 amide bonds. The Hall–Kier alpha value is -2.20. The monoisotopic (exact) mass is 466 g/mol. The third-order valence-electron chi connectivity index (χ3n) is 5.25. The molecule has 2 atom stereocenters. The molecule has 10 heteroatoms. The average molecular weight is 467 g/mol. The third-order valence-corrected chi connectivity index (χ3v) is 7.22. The van der Waals surface area contributed by atoms with Crippen molar-refractivity contribution in [3.8, 4) is 0 Å².